The molecule has 26 heavy (non-hydrogen) atoms. The van der Waals surface area contributed by atoms with Crippen LogP contribution in [0, 0.1) is 0 Å². The van der Waals surface area contributed by atoms with Gasteiger partial charge in [0.25, 0.3) is 0 Å². The molecule has 4 nitrogen and oxygen atoms in total. The topological polar surface area (TPSA) is 50.4 Å². The van der Waals surface area contributed by atoms with E-state index in [1.165, 1.54) is 11.1 Å². The molecule has 0 saturated carbocycles. The number of amides is 2. The van der Waals surface area contributed by atoms with Crippen LogP contribution < -0.4 is 15.4 Å². The van der Waals surface area contributed by atoms with E-state index in [1.807, 2.05) is 25.1 Å². The highest BCUT2D eigenvalue weighted by Gasteiger charge is 2.08. The number of nitrogens with one attached hydrogen (secondary N) is 2. The summed E-state index contributed by atoms with van der Waals surface area (Å²) in [4.78, 5) is 11.9. The number of unbranched alkanes of at least 4 members (excludes halogenated alkanes) is 1. The molecule has 0 bridgehead atoms. The van der Waals surface area contributed by atoms with Gasteiger partial charge in [-0.05, 0) is 55.4 Å². The summed E-state index contributed by atoms with van der Waals surface area (Å²) in [6.07, 6.45) is 2.66. The summed E-state index contributed by atoms with van der Waals surface area (Å²) in [5, 5.41) is 5.68. The Labute approximate surface area is 157 Å². The van der Waals surface area contributed by atoms with Crippen LogP contribution in [0.15, 0.2) is 54.6 Å². The van der Waals surface area contributed by atoms with Gasteiger partial charge in [-0.25, -0.2) is 4.79 Å². The number of hydrogen-bond donors (Lipinski definition) is 2. The lowest BCUT2D eigenvalue weighted by Crippen LogP contribution is -2.43. The fraction of sp³-hybridized carbons (Fsp3) is 0.409. The van der Waals surface area contributed by atoms with Crippen LogP contribution in [-0.4, -0.2) is 18.8 Å². The smallest absolute Gasteiger partial charge is 0.317 e. The fourth-order valence-corrected chi connectivity index (χ4v) is 2.70. The molecule has 2 aromatic rings. The molecule has 0 aliphatic carbocycles. The molecule has 2 amide bonds. The minimum atomic E-state index is -0.385. The van der Waals surface area contributed by atoms with Crippen LogP contribution in [-0.2, 0) is 6.42 Å². The van der Waals surface area contributed by atoms with Crippen molar-refractivity contribution in [3.63, 3.8) is 0 Å². The molecule has 140 valence electrons. The van der Waals surface area contributed by atoms with Crippen molar-refractivity contribution in [1.29, 1.82) is 0 Å². The minimum Gasteiger partial charge on any atom is -0.471 e. The molecule has 0 fully saturated rings. The van der Waals surface area contributed by atoms with Gasteiger partial charge in [0.1, 0.15) is 5.75 Å². The molecule has 1 atom stereocenters. The van der Waals surface area contributed by atoms with Crippen molar-refractivity contribution in [1.82, 2.24) is 10.6 Å². The zero-order valence-electron chi connectivity index (χ0n) is 16.0. The van der Waals surface area contributed by atoms with Crippen molar-refractivity contribution in [3.8, 4) is 5.75 Å². The molecule has 0 radical (unpaired) electrons. The second-order valence-electron chi connectivity index (χ2n) is 6.83. The van der Waals surface area contributed by atoms with Crippen LogP contribution in [0.4, 0.5) is 4.79 Å². The molecule has 0 aliphatic rings. The highest BCUT2D eigenvalue weighted by Crippen LogP contribution is 2.19. The predicted molar refractivity (Wildman–Crippen MR) is 107 cm³/mol. The van der Waals surface area contributed by atoms with Gasteiger partial charge >= 0.3 is 6.03 Å². The van der Waals surface area contributed by atoms with Gasteiger partial charge in [-0.15, -0.1) is 0 Å². The molecule has 0 saturated heterocycles. The molecule has 0 spiro atoms. The summed E-state index contributed by atoms with van der Waals surface area (Å²) < 4.78 is 5.73. The number of hydrogen-bond acceptors (Lipinski definition) is 2. The van der Waals surface area contributed by atoms with Crippen LogP contribution in [0.1, 0.15) is 50.7 Å². The summed E-state index contributed by atoms with van der Waals surface area (Å²) in [7, 11) is 0. The van der Waals surface area contributed by atoms with E-state index < -0.39 is 0 Å². The van der Waals surface area contributed by atoms with Crippen molar-refractivity contribution >= 4 is 6.03 Å². The van der Waals surface area contributed by atoms with E-state index in [-0.39, 0.29) is 12.3 Å². The third-order valence-electron chi connectivity index (χ3n) is 4.21. The van der Waals surface area contributed by atoms with Crippen molar-refractivity contribution in [3.05, 3.63) is 65.7 Å². The normalized spacial score (nSPS) is 11.8. The lowest BCUT2D eigenvalue weighted by atomic mass is 10.0. The number of rotatable bonds is 9. The standard InChI is InChI=1S/C22H30N2O2/c1-17(2)20-12-14-21(15-13-20)26-18(3)24-22(25)23-16-8-7-11-19-9-5-4-6-10-19/h4-6,9-10,12-15,17-18H,7-8,11,16H2,1-3H3,(H2,23,24,25). The number of ether oxygens (including phenoxy) is 1. The van der Waals surface area contributed by atoms with Crippen LogP contribution in [0.2, 0.25) is 0 Å². The average Bonchev–Trinajstić information content (AvgIpc) is 2.62. The van der Waals surface area contributed by atoms with E-state index in [0.29, 0.717) is 12.5 Å². The van der Waals surface area contributed by atoms with Crippen molar-refractivity contribution in [2.24, 2.45) is 0 Å². The second-order valence-corrected chi connectivity index (χ2v) is 6.83. The molecule has 2 rings (SSSR count). The highest BCUT2D eigenvalue weighted by molar-refractivity contribution is 5.73. The Morgan fingerprint density at radius 2 is 1.65 bits per heavy atom. The molecular weight excluding hydrogens is 324 g/mol. The lowest BCUT2D eigenvalue weighted by Gasteiger charge is -2.17. The number of carbonyl (C=O) groups is 1. The highest BCUT2D eigenvalue weighted by atomic mass is 16.5. The average molecular weight is 354 g/mol. The van der Waals surface area contributed by atoms with Gasteiger partial charge in [-0.3, -0.25) is 0 Å². The number of urea groups is 1. The maximum Gasteiger partial charge on any atom is 0.317 e. The summed E-state index contributed by atoms with van der Waals surface area (Å²) in [6.45, 7) is 6.80. The molecule has 1 unspecified atom stereocenters. The Bertz CT molecular complexity index is 654. The second kappa shape index (κ2) is 10.5. The van der Waals surface area contributed by atoms with Crippen molar-refractivity contribution in [2.45, 2.75) is 52.2 Å². The molecule has 2 N–H and O–H groups in total. The molecule has 0 heterocycles. The third-order valence-corrected chi connectivity index (χ3v) is 4.21. The maximum absolute atomic E-state index is 11.9. The van der Waals surface area contributed by atoms with Crippen LogP contribution in [0.5, 0.6) is 5.75 Å². The maximum atomic E-state index is 11.9. The quantitative estimate of drug-likeness (QED) is 0.499. The Kier molecular flexibility index (Phi) is 8.00. The molecule has 0 aromatic heterocycles. The first kappa shape index (κ1) is 19.8. The van der Waals surface area contributed by atoms with Gasteiger partial charge < -0.3 is 15.4 Å². The van der Waals surface area contributed by atoms with Gasteiger partial charge in [0.15, 0.2) is 6.23 Å². The number of benzene rings is 2. The Morgan fingerprint density at radius 1 is 0.962 bits per heavy atom. The SMILES string of the molecule is CC(NC(=O)NCCCCc1ccccc1)Oc1ccc(C(C)C)cc1. The molecular formula is C22H30N2O2. The minimum absolute atomic E-state index is 0.198. The largest absolute Gasteiger partial charge is 0.471 e. The molecule has 2 aromatic carbocycles. The summed E-state index contributed by atoms with van der Waals surface area (Å²) >= 11 is 0. The van der Waals surface area contributed by atoms with E-state index in [4.69, 9.17) is 4.74 Å². The van der Waals surface area contributed by atoms with E-state index in [1.54, 1.807) is 0 Å². The first-order chi connectivity index (χ1) is 12.5. The van der Waals surface area contributed by atoms with Gasteiger partial charge in [-0.2, -0.15) is 0 Å². The summed E-state index contributed by atoms with van der Waals surface area (Å²) in [5.41, 5.74) is 2.61. The van der Waals surface area contributed by atoms with Gasteiger partial charge in [0.05, 0.1) is 0 Å². The van der Waals surface area contributed by atoms with E-state index in [0.717, 1.165) is 25.0 Å². The van der Waals surface area contributed by atoms with Crippen LogP contribution in [0.25, 0.3) is 0 Å². The third kappa shape index (κ3) is 7.18. The monoisotopic (exact) mass is 354 g/mol. The summed E-state index contributed by atoms with van der Waals surface area (Å²) in [5.74, 6) is 1.25. The number of aryl methyl sites for hydroxylation is 1. The first-order valence-electron chi connectivity index (χ1n) is 9.39. The fourth-order valence-electron chi connectivity index (χ4n) is 2.70. The van der Waals surface area contributed by atoms with E-state index in [9.17, 15) is 4.79 Å². The van der Waals surface area contributed by atoms with Gasteiger partial charge in [-0.1, -0.05) is 56.3 Å². The zero-order valence-corrected chi connectivity index (χ0v) is 16.0. The van der Waals surface area contributed by atoms with Crippen LogP contribution in [0.3, 0.4) is 0 Å². The zero-order chi connectivity index (χ0) is 18.8. The molecule has 4 heteroatoms. The first-order valence-corrected chi connectivity index (χ1v) is 9.39. The molecule has 0 aliphatic heterocycles. The van der Waals surface area contributed by atoms with Gasteiger partial charge in [0, 0.05) is 6.54 Å². The Hall–Kier alpha value is -2.49. The lowest BCUT2D eigenvalue weighted by molar-refractivity contribution is 0.177. The van der Waals surface area contributed by atoms with E-state index in [2.05, 4.69) is 60.9 Å². The Morgan fingerprint density at radius 3 is 2.31 bits per heavy atom. The summed E-state index contributed by atoms with van der Waals surface area (Å²) in [6, 6.07) is 18.2. The van der Waals surface area contributed by atoms with Crippen molar-refractivity contribution < 1.29 is 9.53 Å². The van der Waals surface area contributed by atoms with E-state index >= 15 is 0 Å². The Balaban J connectivity index is 1.61. The predicted octanol–water partition coefficient (Wildman–Crippen LogP) is 4.86. The number of carbonyl (C=O) groups excluding carboxylic acids is 1. The van der Waals surface area contributed by atoms with Crippen molar-refractivity contribution in [2.75, 3.05) is 6.54 Å². The van der Waals surface area contributed by atoms with Crippen LogP contribution >= 0.6 is 0 Å². The van der Waals surface area contributed by atoms with Gasteiger partial charge in [0.2, 0.25) is 0 Å².